The summed E-state index contributed by atoms with van der Waals surface area (Å²) < 4.78 is 40.5. The van der Waals surface area contributed by atoms with Crippen molar-refractivity contribution in [2.24, 2.45) is 0 Å². The Morgan fingerprint density at radius 2 is 1.49 bits per heavy atom. The number of imidazole rings is 1. The van der Waals surface area contributed by atoms with Gasteiger partial charge >= 0.3 is 0 Å². The highest BCUT2D eigenvalue weighted by Gasteiger charge is 2.29. The average Bonchev–Trinajstić information content (AvgIpc) is 3.35. The summed E-state index contributed by atoms with van der Waals surface area (Å²) in [5.41, 5.74) is 1.01. The molecule has 1 aliphatic carbocycles. The van der Waals surface area contributed by atoms with Crippen LogP contribution in [-0.4, -0.2) is 94.1 Å². The Bertz CT molecular complexity index is 1200. The first-order valence-electron chi connectivity index (χ1n) is 13.1. The van der Waals surface area contributed by atoms with E-state index in [1.54, 1.807) is 24.3 Å². The number of benzene rings is 1. The van der Waals surface area contributed by atoms with Gasteiger partial charge in [-0.2, -0.15) is 15.0 Å². The molecule has 0 spiro atoms. The van der Waals surface area contributed by atoms with E-state index in [2.05, 4.69) is 25.2 Å². The summed E-state index contributed by atoms with van der Waals surface area (Å²) in [5, 5.41) is 3.50. The van der Waals surface area contributed by atoms with Crippen LogP contribution in [0.15, 0.2) is 24.3 Å². The molecular formula is C25H32F2N8O2. The van der Waals surface area contributed by atoms with Crippen molar-refractivity contribution in [1.82, 2.24) is 29.4 Å². The van der Waals surface area contributed by atoms with Gasteiger partial charge in [0.2, 0.25) is 17.8 Å². The van der Waals surface area contributed by atoms with Crippen LogP contribution >= 0.6 is 0 Å². The summed E-state index contributed by atoms with van der Waals surface area (Å²) in [4.78, 5) is 22.7. The number of hydrogen-bond acceptors (Lipinski definition) is 9. The number of halogens is 2. The average molecular weight is 515 g/mol. The SMILES string of the molecule is FC(F)c1nc2ccccc2n1-c1nc(NC2CCC(N3CCOCC3)CC2)nc(N2CCOCC2)n1. The van der Waals surface area contributed by atoms with Crippen molar-refractivity contribution in [1.29, 1.82) is 0 Å². The zero-order chi connectivity index (χ0) is 25.2. The predicted molar refractivity (Wildman–Crippen MR) is 135 cm³/mol. The molecule has 1 N–H and O–H groups in total. The van der Waals surface area contributed by atoms with Crippen LogP contribution in [0.5, 0.6) is 0 Å². The number of rotatable bonds is 6. The van der Waals surface area contributed by atoms with E-state index in [1.165, 1.54) is 4.57 Å². The Morgan fingerprint density at radius 3 is 2.22 bits per heavy atom. The van der Waals surface area contributed by atoms with Crippen LogP contribution in [0.2, 0.25) is 0 Å². The lowest BCUT2D eigenvalue weighted by Crippen LogP contribution is -2.46. The minimum atomic E-state index is -2.78. The Balaban J connectivity index is 1.29. The predicted octanol–water partition coefficient (Wildman–Crippen LogP) is 3.04. The molecule has 4 heterocycles. The van der Waals surface area contributed by atoms with Crippen molar-refractivity contribution >= 4 is 22.9 Å². The van der Waals surface area contributed by atoms with Gasteiger partial charge in [0, 0.05) is 38.3 Å². The third-order valence-corrected chi connectivity index (χ3v) is 7.48. The van der Waals surface area contributed by atoms with Crippen LogP contribution in [0.1, 0.15) is 37.9 Å². The van der Waals surface area contributed by atoms with E-state index < -0.39 is 6.43 Å². The van der Waals surface area contributed by atoms with Crippen LogP contribution < -0.4 is 10.2 Å². The fraction of sp³-hybridized carbons (Fsp3) is 0.600. The van der Waals surface area contributed by atoms with Gasteiger partial charge in [-0.15, -0.1) is 0 Å². The van der Waals surface area contributed by atoms with Crippen molar-refractivity contribution in [3.05, 3.63) is 30.1 Å². The molecule has 0 atom stereocenters. The molecule has 0 unspecified atom stereocenters. The molecule has 0 bridgehead atoms. The van der Waals surface area contributed by atoms with E-state index >= 15 is 0 Å². The molecule has 1 saturated carbocycles. The standard InChI is InChI=1S/C25H32F2N8O2/c26-21(27)22-29-19-3-1-2-4-20(19)35(22)25-31-23(30-24(32-25)34-11-15-37-16-12-34)28-17-5-7-18(8-6-17)33-9-13-36-14-10-33/h1-4,17-18,21H,5-16H2,(H,28,30,31,32). The summed E-state index contributed by atoms with van der Waals surface area (Å²) in [5.74, 6) is 0.623. The van der Waals surface area contributed by atoms with Crippen molar-refractivity contribution in [2.45, 2.75) is 44.2 Å². The smallest absolute Gasteiger partial charge is 0.296 e. The van der Waals surface area contributed by atoms with Crippen LogP contribution in [-0.2, 0) is 9.47 Å². The summed E-state index contributed by atoms with van der Waals surface area (Å²) >= 11 is 0. The normalized spacial score (nSPS) is 23.6. The topological polar surface area (TPSA) is 93.5 Å². The second-order valence-corrected chi connectivity index (χ2v) is 9.75. The highest BCUT2D eigenvalue weighted by atomic mass is 19.3. The van der Waals surface area contributed by atoms with Crippen molar-refractivity contribution < 1.29 is 18.3 Å². The Kier molecular flexibility index (Phi) is 7.12. The highest BCUT2D eigenvalue weighted by Crippen LogP contribution is 2.29. The molecule has 10 nitrogen and oxygen atoms in total. The van der Waals surface area contributed by atoms with Gasteiger partial charge in [-0.3, -0.25) is 9.47 Å². The molecule has 12 heteroatoms. The quantitative estimate of drug-likeness (QED) is 0.533. The van der Waals surface area contributed by atoms with Crippen molar-refractivity contribution in [3.8, 4) is 5.95 Å². The molecule has 37 heavy (non-hydrogen) atoms. The molecule has 6 rings (SSSR count). The van der Waals surface area contributed by atoms with E-state index in [1.807, 2.05) is 4.90 Å². The minimum absolute atomic E-state index is 0.144. The van der Waals surface area contributed by atoms with E-state index in [-0.39, 0.29) is 17.8 Å². The van der Waals surface area contributed by atoms with Crippen LogP contribution in [0.25, 0.3) is 17.0 Å². The van der Waals surface area contributed by atoms with Gasteiger partial charge in [0.15, 0.2) is 5.82 Å². The van der Waals surface area contributed by atoms with Crippen LogP contribution in [0, 0.1) is 0 Å². The molecule has 2 aliphatic heterocycles. The third-order valence-electron chi connectivity index (χ3n) is 7.48. The molecule has 2 aromatic heterocycles. The van der Waals surface area contributed by atoms with Crippen molar-refractivity contribution in [2.75, 3.05) is 62.8 Å². The zero-order valence-electron chi connectivity index (χ0n) is 20.7. The number of nitrogens with one attached hydrogen (secondary N) is 1. The van der Waals surface area contributed by atoms with E-state index in [0.717, 1.165) is 52.0 Å². The molecule has 1 aromatic carbocycles. The number of aromatic nitrogens is 5. The number of para-hydroxylation sites is 2. The molecule has 2 saturated heterocycles. The number of morpholine rings is 2. The number of hydrogen-bond donors (Lipinski definition) is 1. The molecule has 3 fully saturated rings. The van der Waals surface area contributed by atoms with Crippen molar-refractivity contribution in [3.63, 3.8) is 0 Å². The Morgan fingerprint density at radius 1 is 0.811 bits per heavy atom. The molecular weight excluding hydrogens is 482 g/mol. The number of anilines is 2. The van der Waals surface area contributed by atoms with Crippen LogP contribution in [0.3, 0.4) is 0 Å². The number of alkyl halides is 2. The molecule has 3 aliphatic rings. The maximum absolute atomic E-state index is 14.1. The fourth-order valence-corrected chi connectivity index (χ4v) is 5.53. The second-order valence-electron chi connectivity index (χ2n) is 9.75. The molecule has 0 amide bonds. The minimum Gasteiger partial charge on any atom is -0.379 e. The molecule has 198 valence electrons. The maximum atomic E-state index is 14.1. The number of ether oxygens (including phenoxy) is 2. The Hall–Kier alpha value is -2.96. The highest BCUT2D eigenvalue weighted by molar-refractivity contribution is 5.77. The van der Waals surface area contributed by atoms with Gasteiger partial charge in [-0.05, 0) is 37.8 Å². The van der Waals surface area contributed by atoms with Gasteiger partial charge < -0.3 is 19.7 Å². The molecule has 3 aromatic rings. The lowest BCUT2D eigenvalue weighted by molar-refractivity contribution is 0.00790. The van der Waals surface area contributed by atoms with Gasteiger partial charge in [0.05, 0.1) is 37.5 Å². The van der Waals surface area contributed by atoms with E-state index in [0.29, 0.717) is 55.3 Å². The first kappa shape index (κ1) is 24.4. The number of nitrogens with zero attached hydrogens (tertiary/aromatic N) is 7. The largest absolute Gasteiger partial charge is 0.379 e. The summed E-state index contributed by atoms with van der Waals surface area (Å²) in [6, 6.07) is 7.83. The lowest BCUT2D eigenvalue weighted by Gasteiger charge is -2.38. The number of fused-ring (bicyclic) bond motifs is 1. The Labute approximate surface area is 214 Å². The van der Waals surface area contributed by atoms with E-state index in [9.17, 15) is 8.78 Å². The van der Waals surface area contributed by atoms with Gasteiger partial charge in [-0.25, -0.2) is 13.8 Å². The van der Waals surface area contributed by atoms with Gasteiger partial charge in [0.25, 0.3) is 6.43 Å². The molecule has 0 radical (unpaired) electrons. The third kappa shape index (κ3) is 5.23. The first-order valence-corrected chi connectivity index (χ1v) is 13.1. The van der Waals surface area contributed by atoms with Gasteiger partial charge in [-0.1, -0.05) is 12.1 Å². The van der Waals surface area contributed by atoms with Crippen LogP contribution in [0.4, 0.5) is 20.7 Å². The fourth-order valence-electron chi connectivity index (χ4n) is 5.53. The monoisotopic (exact) mass is 514 g/mol. The zero-order valence-corrected chi connectivity index (χ0v) is 20.7. The van der Waals surface area contributed by atoms with Gasteiger partial charge in [0.1, 0.15) is 0 Å². The maximum Gasteiger partial charge on any atom is 0.296 e. The lowest BCUT2D eigenvalue weighted by atomic mass is 9.90. The summed E-state index contributed by atoms with van der Waals surface area (Å²) in [6.07, 6.45) is 1.39. The summed E-state index contributed by atoms with van der Waals surface area (Å²) in [7, 11) is 0. The summed E-state index contributed by atoms with van der Waals surface area (Å²) in [6.45, 7) is 5.97. The van der Waals surface area contributed by atoms with E-state index in [4.69, 9.17) is 14.5 Å². The second kappa shape index (κ2) is 10.8. The first-order chi connectivity index (χ1) is 18.2.